The zero-order chi connectivity index (χ0) is 26.0. The number of tetrazole rings is 1. The van der Waals surface area contributed by atoms with Gasteiger partial charge in [0.2, 0.25) is 12.0 Å². The second kappa shape index (κ2) is 9.74. The quantitative estimate of drug-likeness (QED) is 0.339. The van der Waals surface area contributed by atoms with Gasteiger partial charge in [-0.25, -0.2) is 19.9 Å². The lowest BCUT2D eigenvalue weighted by molar-refractivity contribution is -0.149. The molecule has 5 rings (SSSR count). The highest BCUT2D eigenvalue weighted by molar-refractivity contribution is 5.97. The van der Waals surface area contributed by atoms with Crippen molar-refractivity contribution in [3.63, 3.8) is 0 Å². The highest BCUT2D eigenvalue weighted by atomic mass is 16.5. The van der Waals surface area contributed by atoms with Gasteiger partial charge in [0.15, 0.2) is 5.82 Å². The first-order valence-electron chi connectivity index (χ1n) is 11.5. The molecule has 1 aliphatic rings. The number of aromatic nitrogens is 6. The number of ether oxygens (including phenoxy) is 1. The molecular weight excluding hydrogens is 476 g/mol. The minimum absolute atomic E-state index is 0.0637. The summed E-state index contributed by atoms with van der Waals surface area (Å²) in [6.07, 6.45) is -1.54. The fourth-order valence-electron chi connectivity index (χ4n) is 4.67. The van der Waals surface area contributed by atoms with Crippen molar-refractivity contribution in [2.24, 2.45) is 0 Å². The van der Waals surface area contributed by atoms with Crippen LogP contribution in [0.3, 0.4) is 0 Å². The number of anilines is 1. The predicted octanol–water partition coefficient (Wildman–Crippen LogP) is 1.52. The molecule has 0 saturated heterocycles. The van der Waals surface area contributed by atoms with Crippen LogP contribution in [0, 0.1) is 13.8 Å². The summed E-state index contributed by atoms with van der Waals surface area (Å²) in [5, 5.41) is 27.6. The third-order valence-electron chi connectivity index (χ3n) is 6.17. The van der Waals surface area contributed by atoms with E-state index in [0.29, 0.717) is 34.0 Å². The topological polar surface area (TPSA) is 159 Å². The molecule has 0 unspecified atom stereocenters. The van der Waals surface area contributed by atoms with Crippen LogP contribution in [0.1, 0.15) is 28.3 Å². The van der Waals surface area contributed by atoms with Crippen molar-refractivity contribution in [3.05, 3.63) is 89.0 Å². The number of hydrogen-bond acceptors (Lipinski definition) is 9. The molecule has 12 heteroatoms. The third kappa shape index (κ3) is 4.49. The minimum atomic E-state index is -1.54. The maximum atomic E-state index is 13.4. The van der Waals surface area contributed by atoms with Crippen LogP contribution in [0.4, 0.5) is 5.69 Å². The number of fused-ring (bicyclic) bond motifs is 1. The number of amides is 1. The highest BCUT2D eigenvalue weighted by Gasteiger charge is 2.52. The van der Waals surface area contributed by atoms with Crippen LogP contribution in [-0.4, -0.2) is 60.2 Å². The SMILES string of the molecule is Cc1cc(C)nc(O[C@H](C(=O)O)[C@@]2(c3ccccc3)NCC(=O)N(Cc3nnn[nH]3)c3ccccc32)n1. The number of carbonyl (C=O) groups excluding carboxylic acids is 1. The number of benzene rings is 2. The second-order valence-electron chi connectivity index (χ2n) is 8.64. The predicted molar refractivity (Wildman–Crippen MR) is 131 cm³/mol. The molecular formula is C25H24N8O4. The standard InChI is InChI=1S/C25H24N8O4/c1-15-12-16(2)28-24(27-15)37-22(23(35)36)25(17-8-4-3-5-9-17)18-10-6-7-11-19(18)33(21(34)13-26-25)14-20-29-31-32-30-20/h3-12,22,26H,13-14H2,1-2H3,(H,35,36)(H,29,30,31,32)/t22-,25+/m1/s1. The molecule has 0 fully saturated rings. The number of aromatic amines is 1. The van der Waals surface area contributed by atoms with E-state index in [9.17, 15) is 14.7 Å². The Kier molecular flexibility index (Phi) is 6.32. The van der Waals surface area contributed by atoms with E-state index in [4.69, 9.17) is 4.74 Å². The molecule has 0 radical (unpaired) electrons. The molecule has 2 aromatic carbocycles. The zero-order valence-corrected chi connectivity index (χ0v) is 20.1. The van der Waals surface area contributed by atoms with Gasteiger partial charge in [-0.15, -0.1) is 5.10 Å². The number of H-pyrrole nitrogens is 1. The van der Waals surface area contributed by atoms with Gasteiger partial charge in [-0.1, -0.05) is 48.5 Å². The first kappa shape index (κ1) is 24.0. The van der Waals surface area contributed by atoms with Crippen LogP contribution in [0.15, 0.2) is 60.7 Å². The Bertz CT molecular complexity index is 1410. The van der Waals surface area contributed by atoms with Crippen LogP contribution < -0.4 is 15.0 Å². The van der Waals surface area contributed by atoms with Gasteiger partial charge in [0.05, 0.1) is 13.1 Å². The van der Waals surface area contributed by atoms with Crippen molar-refractivity contribution in [2.75, 3.05) is 11.4 Å². The number of rotatable bonds is 7. The Labute approximate surface area is 211 Å². The average Bonchev–Trinajstić information content (AvgIpc) is 3.36. The second-order valence-corrected chi connectivity index (χ2v) is 8.64. The van der Waals surface area contributed by atoms with Crippen LogP contribution in [0.2, 0.25) is 0 Å². The van der Waals surface area contributed by atoms with Crippen molar-refractivity contribution in [1.82, 2.24) is 35.9 Å². The van der Waals surface area contributed by atoms with E-state index in [1.165, 1.54) is 4.90 Å². The fourth-order valence-corrected chi connectivity index (χ4v) is 4.67. The van der Waals surface area contributed by atoms with Gasteiger partial charge < -0.3 is 14.7 Å². The number of aliphatic carboxylic acids is 1. The summed E-state index contributed by atoms with van der Waals surface area (Å²) >= 11 is 0. The highest BCUT2D eigenvalue weighted by Crippen LogP contribution is 2.42. The number of nitrogens with one attached hydrogen (secondary N) is 2. The van der Waals surface area contributed by atoms with Crippen molar-refractivity contribution in [1.29, 1.82) is 0 Å². The average molecular weight is 501 g/mol. The van der Waals surface area contributed by atoms with Crippen LogP contribution in [-0.2, 0) is 21.7 Å². The van der Waals surface area contributed by atoms with E-state index in [2.05, 4.69) is 35.9 Å². The van der Waals surface area contributed by atoms with Gasteiger partial charge >= 0.3 is 12.0 Å². The van der Waals surface area contributed by atoms with Gasteiger partial charge in [-0.2, -0.15) is 0 Å². The third-order valence-corrected chi connectivity index (χ3v) is 6.17. The molecule has 4 aromatic rings. The zero-order valence-electron chi connectivity index (χ0n) is 20.1. The number of para-hydroxylation sites is 1. The molecule has 12 nitrogen and oxygen atoms in total. The number of nitrogens with zero attached hydrogens (tertiary/aromatic N) is 6. The minimum Gasteiger partial charge on any atom is -0.478 e. The molecule has 2 aromatic heterocycles. The Hall–Kier alpha value is -4.71. The van der Waals surface area contributed by atoms with Gasteiger partial charge in [-0.3, -0.25) is 10.1 Å². The van der Waals surface area contributed by atoms with Gasteiger partial charge in [0.1, 0.15) is 5.54 Å². The van der Waals surface area contributed by atoms with Crippen LogP contribution in [0.5, 0.6) is 6.01 Å². The molecule has 2 atom stereocenters. The first-order valence-corrected chi connectivity index (χ1v) is 11.5. The number of hydrogen-bond donors (Lipinski definition) is 3. The van der Waals surface area contributed by atoms with E-state index in [0.717, 1.165) is 0 Å². The Morgan fingerprint density at radius 2 is 1.81 bits per heavy atom. The van der Waals surface area contributed by atoms with Crippen molar-refractivity contribution < 1.29 is 19.4 Å². The van der Waals surface area contributed by atoms with E-state index in [-0.39, 0.29) is 25.0 Å². The molecule has 0 bridgehead atoms. The van der Waals surface area contributed by atoms with Crippen LogP contribution >= 0.6 is 0 Å². The Balaban J connectivity index is 1.73. The van der Waals surface area contributed by atoms with Gasteiger partial charge in [-0.05, 0) is 42.0 Å². The summed E-state index contributed by atoms with van der Waals surface area (Å²) < 4.78 is 6.07. The summed E-state index contributed by atoms with van der Waals surface area (Å²) in [7, 11) is 0. The van der Waals surface area contributed by atoms with E-state index in [1.807, 2.05) is 6.07 Å². The summed E-state index contributed by atoms with van der Waals surface area (Å²) in [5.41, 5.74) is 1.39. The lowest BCUT2D eigenvalue weighted by Crippen LogP contribution is -2.58. The lowest BCUT2D eigenvalue weighted by Gasteiger charge is -2.39. The van der Waals surface area contributed by atoms with Crippen LogP contribution in [0.25, 0.3) is 0 Å². The number of aryl methyl sites for hydroxylation is 2. The fraction of sp³-hybridized carbons (Fsp3) is 0.240. The maximum Gasteiger partial charge on any atom is 0.347 e. The summed E-state index contributed by atoms with van der Waals surface area (Å²) in [5.74, 6) is -1.17. The molecule has 3 N–H and O–H groups in total. The van der Waals surface area contributed by atoms with Crippen molar-refractivity contribution >= 4 is 17.6 Å². The largest absolute Gasteiger partial charge is 0.478 e. The molecule has 37 heavy (non-hydrogen) atoms. The smallest absolute Gasteiger partial charge is 0.347 e. The van der Waals surface area contributed by atoms with E-state index >= 15 is 0 Å². The molecule has 1 aliphatic heterocycles. The Morgan fingerprint density at radius 3 is 2.49 bits per heavy atom. The molecule has 0 spiro atoms. The monoisotopic (exact) mass is 500 g/mol. The lowest BCUT2D eigenvalue weighted by atomic mass is 9.77. The molecule has 1 amide bonds. The number of carboxylic acid groups (broad SMARTS) is 1. The maximum absolute atomic E-state index is 13.4. The number of carbonyl (C=O) groups is 2. The molecule has 0 saturated carbocycles. The number of carboxylic acids is 1. The molecule has 188 valence electrons. The van der Waals surface area contributed by atoms with Crippen molar-refractivity contribution in [2.45, 2.75) is 32.0 Å². The molecule has 0 aliphatic carbocycles. The summed E-state index contributed by atoms with van der Waals surface area (Å²) in [6, 6.07) is 17.8. The summed E-state index contributed by atoms with van der Waals surface area (Å²) in [6.45, 7) is 3.43. The normalized spacial score (nSPS) is 18.1. The van der Waals surface area contributed by atoms with E-state index < -0.39 is 17.6 Å². The Morgan fingerprint density at radius 1 is 1.11 bits per heavy atom. The molecule has 3 heterocycles. The van der Waals surface area contributed by atoms with Gasteiger partial charge in [0.25, 0.3) is 0 Å². The van der Waals surface area contributed by atoms with E-state index in [1.54, 1.807) is 68.4 Å². The van der Waals surface area contributed by atoms with Gasteiger partial charge in [0, 0.05) is 22.6 Å². The summed E-state index contributed by atoms with van der Waals surface area (Å²) in [4.78, 5) is 36.5. The first-order chi connectivity index (χ1) is 17.9. The van der Waals surface area contributed by atoms with Crippen molar-refractivity contribution in [3.8, 4) is 6.01 Å².